The zero-order valence-corrected chi connectivity index (χ0v) is 17.4. The molecule has 10 heteroatoms. The van der Waals surface area contributed by atoms with Crippen molar-refractivity contribution in [3.05, 3.63) is 0 Å². The van der Waals surface area contributed by atoms with Crippen LogP contribution in [0.3, 0.4) is 0 Å². The van der Waals surface area contributed by atoms with Gasteiger partial charge in [0, 0.05) is 32.5 Å². The average Bonchev–Trinajstić information content (AvgIpc) is 3.04. The summed E-state index contributed by atoms with van der Waals surface area (Å²) in [6.45, 7) is 11.7. The van der Waals surface area contributed by atoms with Gasteiger partial charge in [-0.05, 0) is 20.8 Å². The van der Waals surface area contributed by atoms with Crippen molar-refractivity contribution in [2.75, 3.05) is 44.4 Å². The van der Waals surface area contributed by atoms with Crippen LogP contribution in [0.25, 0.3) is 0 Å². The second kappa shape index (κ2) is 9.32. The number of ether oxygens (including phenoxy) is 3. The molecule has 1 aromatic rings. The molecule has 0 aromatic carbocycles. The quantitative estimate of drug-likeness (QED) is 0.633. The summed E-state index contributed by atoms with van der Waals surface area (Å²) < 4.78 is 25.1. The van der Waals surface area contributed by atoms with E-state index in [0.717, 1.165) is 24.8 Å². The molecule has 1 fully saturated rings. The molecule has 1 saturated heterocycles. The van der Waals surface area contributed by atoms with Crippen LogP contribution in [-0.2, 0) is 19.1 Å². The maximum atomic E-state index is 12.0. The number of anilines is 1. The fourth-order valence-corrected chi connectivity index (χ4v) is 3.36. The lowest BCUT2D eigenvalue weighted by Gasteiger charge is -2.37. The third-order valence-corrected chi connectivity index (χ3v) is 4.57. The molecule has 1 atom stereocenters. The van der Waals surface area contributed by atoms with Crippen molar-refractivity contribution < 1.29 is 23.8 Å². The van der Waals surface area contributed by atoms with E-state index in [1.165, 1.54) is 13.8 Å². The van der Waals surface area contributed by atoms with E-state index in [9.17, 15) is 9.59 Å². The number of esters is 1. The zero-order valence-electron chi connectivity index (χ0n) is 16.6. The van der Waals surface area contributed by atoms with Gasteiger partial charge in [0.05, 0.1) is 31.5 Å². The predicted molar refractivity (Wildman–Crippen MR) is 101 cm³/mol. The number of carbonyl (C=O) groups excluding carboxylic acids is 2. The highest BCUT2D eigenvalue weighted by atomic mass is 32.1. The van der Waals surface area contributed by atoms with Gasteiger partial charge in [-0.3, -0.25) is 9.59 Å². The Balaban J connectivity index is 2.05. The zero-order chi connectivity index (χ0) is 20.0. The lowest BCUT2D eigenvalue weighted by Crippen LogP contribution is -2.50. The Bertz CT molecular complexity index is 640. The fraction of sp³-hybridized carbons (Fsp3) is 0.765. The van der Waals surface area contributed by atoms with E-state index in [1.54, 1.807) is 4.90 Å². The van der Waals surface area contributed by atoms with Crippen LogP contribution in [0.15, 0.2) is 0 Å². The van der Waals surface area contributed by atoms with Gasteiger partial charge in [-0.25, -0.2) is 0 Å². The number of hydrogen-bond acceptors (Lipinski definition) is 9. The second-order valence-electron chi connectivity index (χ2n) is 7.34. The molecule has 152 valence electrons. The lowest BCUT2D eigenvalue weighted by atomic mass is 10.1. The van der Waals surface area contributed by atoms with E-state index in [-0.39, 0.29) is 19.1 Å². The molecule has 1 aliphatic heterocycles. The minimum atomic E-state index is -0.607. The van der Waals surface area contributed by atoms with Crippen LogP contribution in [0.1, 0.15) is 34.6 Å². The molecular weight excluding hydrogens is 372 g/mol. The van der Waals surface area contributed by atoms with Crippen molar-refractivity contribution in [1.82, 2.24) is 13.6 Å². The minimum Gasteiger partial charge on any atom is -0.470 e. The largest absolute Gasteiger partial charge is 0.470 e. The summed E-state index contributed by atoms with van der Waals surface area (Å²) in [4.78, 5) is 27.2. The summed E-state index contributed by atoms with van der Waals surface area (Å²) in [6, 6.07) is 0. The SMILES string of the molecule is CC(=O)O[C@H](COc1nsnc1N1CCOCC1)CN(C(C)=O)C(C)(C)C. The monoisotopic (exact) mass is 400 g/mol. The summed E-state index contributed by atoms with van der Waals surface area (Å²) in [5.74, 6) is 0.558. The van der Waals surface area contributed by atoms with Crippen molar-refractivity contribution in [2.45, 2.75) is 46.3 Å². The Morgan fingerprint density at radius 1 is 1.26 bits per heavy atom. The maximum Gasteiger partial charge on any atom is 0.303 e. The Morgan fingerprint density at radius 2 is 1.93 bits per heavy atom. The first kappa shape index (κ1) is 21.4. The van der Waals surface area contributed by atoms with E-state index in [1.807, 2.05) is 20.8 Å². The van der Waals surface area contributed by atoms with Crippen molar-refractivity contribution >= 4 is 29.4 Å². The fourth-order valence-electron chi connectivity index (χ4n) is 2.84. The average molecular weight is 401 g/mol. The molecule has 0 unspecified atom stereocenters. The Kier molecular flexibility index (Phi) is 7.37. The molecule has 1 aliphatic rings. The molecule has 1 amide bonds. The van der Waals surface area contributed by atoms with E-state index in [0.29, 0.717) is 24.9 Å². The van der Waals surface area contributed by atoms with Gasteiger partial charge in [-0.1, -0.05) is 0 Å². The van der Waals surface area contributed by atoms with Crippen LogP contribution in [0.5, 0.6) is 5.88 Å². The van der Waals surface area contributed by atoms with E-state index in [2.05, 4.69) is 13.6 Å². The molecule has 27 heavy (non-hydrogen) atoms. The van der Waals surface area contributed by atoms with Gasteiger partial charge >= 0.3 is 5.97 Å². The number of amides is 1. The summed E-state index contributed by atoms with van der Waals surface area (Å²) >= 11 is 1.07. The number of nitrogens with zero attached hydrogens (tertiary/aromatic N) is 4. The molecule has 0 N–H and O–H groups in total. The van der Waals surface area contributed by atoms with Crippen LogP contribution in [0.4, 0.5) is 5.82 Å². The van der Waals surface area contributed by atoms with Crippen LogP contribution in [0.2, 0.25) is 0 Å². The lowest BCUT2D eigenvalue weighted by molar-refractivity contribution is -0.153. The number of rotatable bonds is 7. The van der Waals surface area contributed by atoms with Gasteiger partial charge < -0.3 is 24.0 Å². The molecular formula is C17H28N4O5S. The minimum absolute atomic E-state index is 0.0855. The van der Waals surface area contributed by atoms with Gasteiger partial charge in [0.2, 0.25) is 11.7 Å². The summed E-state index contributed by atoms with van der Waals surface area (Å²) in [5, 5.41) is 0. The van der Waals surface area contributed by atoms with Crippen LogP contribution < -0.4 is 9.64 Å². The molecule has 0 spiro atoms. The van der Waals surface area contributed by atoms with Crippen LogP contribution >= 0.6 is 11.7 Å². The first-order valence-corrected chi connectivity index (χ1v) is 9.65. The van der Waals surface area contributed by atoms with E-state index >= 15 is 0 Å². The molecule has 0 aliphatic carbocycles. The molecule has 2 rings (SSSR count). The molecule has 1 aromatic heterocycles. The number of carbonyl (C=O) groups is 2. The second-order valence-corrected chi connectivity index (χ2v) is 7.86. The summed E-state index contributed by atoms with van der Waals surface area (Å²) in [6.07, 6.45) is -0.607. The van der Waals surface area contributed by atoms with Crippen molar-refractivity contribution in [3.8, 4) is 5.88 Å². The highest BCUT2D eigenvalue weighted by molar-refractivity contribution is 6.99. The van der Waals surface area contributed by atoms with Gasteiger partial charge in [0.1, 0.15) is 6.61 Å². The van der Waals surface area contributed by atoms with Crippen LogP contribution in [0, 0.1) is 0 Å². The molecule has 2 heterocycles. The number of aromatic nitrogens is 2. The van der Waals surface area contributed by atoms with Crippen LogP contribution in [-0.4, -0.2) is 76.6 Å². The standard InChI is InChI=1S/C17H28N4O5S/c1-12(22)21(17(3,4)5)10-14(26-13(2)23)11-25-16-15(18-27-19-16)20-6-8-24-9-7-20/h14H,6-11H2,1-5H3/t14-/m0/s1. The predicted octanol–water partition coefficient (Wildman–Crippen LogP) is 1.33. The topological polar surface area (TPSA) is 94.1 Å². The molecule has 9 nitrogen and oxygen atoms in total. The number of morpholine rings is 1. The third-order valence-electron chi connectivity index (χ3n) is 4.07. The maximum absolute atomic E-state index is 12.0. The number of hydrogen-bond donors (Lipinski definition) is 0. The highest BCUT2D eigenvalue weighted by Gasteiger charge is 2.29. The Hall–Kier alpha value is -1.94. The molecule has 0 radical (unpaired) electrons. The van der Waals surface area contributed by atoms with Crippen molar-refractivity contribution in [3.63, 3.8) is 0 Å². The van der Waals surface area contributed by atoms with Gasteiger partial charge in [0.15, 0.2) is 6.10 Å². The smallest absolute Gasteiger partial charge is 0.303 e. The van der Waals surface area contributed by atoms with Gasteiger partial charge in [-0.2, -0.15) is 4.37 Å². The Morgan fingerprint density at radius 3 is 2.48 bits per heavy atom. The summed E-state index contributed by atoms with van der Waals surface area (Å²) in [7, 11) is 0. The molecule has 0 bridgehead atoms. The first-order chi connectivity index (χ1) is 12.7. The Labute approximate surface area is 163 Å². The molecule has 0 saturated carbocycles. The normalized spacial score (nSPS) is 16.0. The first-order valence-electron chi connectivity index (χ1n) is 8.92. The van der Waals surface area contributed by atoms with Crippen molar-refractivity contribution in [1.29, 1.82) is 0 Å². The summed E-state index contributed by atoms with van der Waals surface area (Å²) in [5.41, 5.74) is -0.397. The van der Waals surface area contributed by atoms with Gasteiger partial charge in [0.25, 0.3) is 5.88 Å². The highest BCUT2D eigenvalue weighted by Crippen LogP contribution is 2.26. The van der Waals surface area contributed by atoms with Gasteiger partial charge in [-0.15, -0.1) is 4.37 Å². The van der Waals surface area contributed by atoms with E-state index in [4.69, 9.17) is 14.2 Å². The van der Waals surface area contributed by atoms with E-state index < -0.39 is 17.6 Å². The van der Waals surface area contributed by atoms with Crippen molar-refractivity contribution in [2.24, 2.45) is 0 Å². The third kappa shape index (κ3) is 6.31.